The molecule has 1 fully saturated rings. The third-order valence-corrected chi connectivity index (χ3v) is 4.89. The molecule has 18 heavy (non-hydrogen) atoms. The zero-order chi connectivity index (χ0) is 12.6. The van der Waals surface area contributed by atoms with E-state index in [1.54, 1.807) is 0 Å². The van der Waals surface area contributed by atoms with Crippen LogP contribution < -0.4 is 5.32 Å². The van der Waals surface area contributed by atoms with Gasteiger partial charge in [-0.15, -0.1) is 0 Å². The second-order valence-electron chi connectivity index (χ2n) is 5.81. The summed E-state index contributed by atoms with van der Waals surface area (Å²) in [6.07, 6.45) is 6.54. The standard InChI is InChI=1S/C15H20BrNO/c16-13-4-2-12-9-14(5-3-11(12)8-13)17-10-15(18)6-1-7-15/h2,4,8,14,17-18H,1,3,5-7,9-10H2. The smallest absolute Gasteiger partial charge is 0.0771 e. The topological polar surface area (TPSA) is 32.3 Å². The lowest BCUT2D eigenvalue weighted by Crippen LogP contribution is -2.50. The Morgan fingerprint density at radius 2 is 2.17 bits per heavy atom. The summed E-state index contributed by atoms with van der Waals surface area (Å²) in [4.78, 5) is 0. The monoisotopic (exact) mass is 309 g/mol. The highest BCUT2D eigenvalue weighted by Gasteiger charge is 2.34. The molecule has 1 saturated carbocycles. The van der Waals surface area contributed by atoms with Crippen molar-refractivity contribution in [2.45, 2.75) is 50.2 Å². The van der Waals surface area contributed by atoms with Crippen molar-refractivity contribution in [3.63, 3.8) is 0 Å². The molecule has 0 heterocycles. The quantitative estimate of drug-likeness (QED) is 0.900. The van der Waals surface area contributed by atoms with Crippen molar-refractivity contribution in [1.29, 1.82) is 0 Å². The van der Waals surface area contributed by atoms with E-state index in [4.69, 9.17) is 0 Å². The minimum Gasteiger partial charge on any atom is -0.389 e. The van der Waals surface area contributed by atoms with Crippen molar-refractivity contribution in [3.8, 4) is 0 Å². The number of rotatable bonds is 3. The number of halogens is 1. The molecule has 2 nitrogen and oxygen atoms in total. The number of fused-ring (bicyclic) bond motifs is 1. The number of aryl methyl sites for hydroxylation is 1. The maximum Gasteiger partial charge on any atom is 0.0771 e. The maximum atomic E-state index is 10.1. The zero-order valence-electron chi connectivity index (χ0n) is 10.6. The lowest BCUT2D eigenvalue weighted by atomic mass is 9.79. The van der Waals surface area contributed by atoms with Crippen LogP contribution in [-0.2, 0) is 12.8 Å². The normalized spacial score (nSPS) is 25.3. The Morgan fingerprint density at radius 1 is 1.33 bits per heavy atom. The summed E-state index contributed by atoms with van der Waals surface area (Å²) in [7, 11) is 0. The van der Waals surface area contributed by atoms with Crippen molar-refractivity contribution in [2.24, 2.45) is 0 Å². The van der Waals surface area contributed by atoms with E-state index in [0.29, 0.717) is 6.04 Å². The first-order chi connectivity index (χ1) is 8.65. The van der Waals surface area contributed by atoms with E-state index < -0.39 is 5.60 Å². The average Bonchev–Trinajstić information content (AvgIpc) is 2.34. The predicted octanol–water partition coefficient (Wildman–Crippen LogP) is 2.81. The van der Waals surface area contributed by atoms with Crippen LogP contribution in [0.3, 0.4) is 0 Å². The molecule has 0 amide bonds. The average molecular weight is 310 g/mol. The molecule has 2 N–H and O–H groups in total. The highest BCUT2D eigenvalue weighted by molar-refractivity contribution is 9.10. The second-order valence-corrected chi connectivity index (χ2v) is 6.73. The van der Waals surface area contributed by atoms with Crippen LogP contribution in [0.5, 0.6) is 0 Å². The van der Waals surface area contributed by atoms with Gasteiger partial charge in [-0.05, 0) is 61.8 Å². The Kier molecular flexibility index (Phi) is 3.48. The number of hydrogen-bond acceptors (Lipinski definition) is 2. The van der Waals surface area contributed by atoms with Crippen molar-refractivity contribution < 1.29 is 5.11 Å². The summed E-state index contributed by atoms with van der Waals surface area (Å²) in [5.74, 6) is 0. The number of nitrogens with one attached hydrogen (secondary N) is 1. The van der Waals surface area contributed by atoms with E-state index in [9.17, 15) is 5.11 Å². The Hall–Kier alpha value is -0.380. The zero-order valence-corrected chi connectivity index (χ0v) is 12.2. The van der Waals surface area contributed by atoms with Gasteiger partial charge in [-0.3, -0.25) is 0 Å². The predicted molar refractivity (Wildman–Crippen MR) is 76.8 cm³/mol. The van der Waals surface area contributed by atoms with Crippen LogP contribution in [0.15, 0.2) is 22.7 Å². The fraction of sp³-hybridized carbons (Fsp3) is 0.600. The van der Waals surface area contributed by atoms with Crippen LogP contribution in [0, 0.1) is 0 Å². The van der Waals surface area contributed by atoms with Crippen LogP contribution in [0.4, 0.5) is 0 Å². The molecule has 0 aliphatic heterocycles. The van der Waals surface area contributed by atoms with Gasteiger partial charge in [0.05, 0.1) is 5.60 Å². The second kappa shape index (κ2) is 4.95. The first-order valence-electron chi connectivity index (χ1n) is 6.88. The Bertz CT molecular complexity index is 442. The summed E-state index contributed by atoms with van der Waals surface area (Å²) >= 11 is 3.53. The Morgan fingerprint density at radius 3 is 2.89 bits per heavy atom. The van der Waals surface area contributed by atoms with E-state index in [1.807, 2.05) is 0 Å². The van der Waals surface area contributed by atoms with Gasteiger partial charge in [0, 0.05) is 17.1 Å². The van der Waals surface area contributed by atoms with Crippen molar-refractivity contribution in [2.75, 3.05) is 6.54 Å². The molecule has 98 valence electrons. The van der Waals surface area contributed by atoms with Gasteiger partial charge in [0.2, 0.25) is 0 Å². The molecule has 1 atom stereocenters. The van der Waals surface area contributed by atoms with Gasteiger partial charge in [0.1, 0.15) is 0 Å². The van der Waals surface area contributed by atoms with Crippen LogP contribution in [0.25, 0.3) is 0 Å². The molecule has 0 bridgehead atoms. The third kappa shape index (κ3) is 2.63. The summed E-state index contributed by atoms with van der Waals surface area (Å²) in [6, 6.07) is 7.13. The van der Waals surface area contributed by atoms with E-state index in [2.05, 4.69) is 39.4 Å². The van der Waals surface area contributed by atoms with E-state index in [1.165, 1.54) is 28.4 Å². The van der Waals surface area contributed by atoms with Crippen molar-refractivity contribution in [1.82, 2.24) is 5.32 Å². The summed E-state index contributed by atoms with van der Waals surface area (Å²) in [5.41, 5.74) is 2.53. The Balaban J connectivity index is 1.59. The van der Waals surface area contributed by atoms with Crippen molar-refractivity contribution in [3.05, 3.63) is 33.8 Å². The SMILES string of the molecule is OC1(CNC2CCc3cc(Br)ccc3C2)CCC1. The number of benzene rings is 1. The molecular weight excluding hydrogens is 290 g/mol. The summed E-state index contributed by atoms with van der Waals surface area (Å²) in [5, 5.41) is 13.7. The lowest BCUT2D eigenvalue weighted by Gasteiger charge is -2.38. The fourth-order valence-electron chi connectivity index (χ4n) is 2.99. The van der Waals surface area contributed by atoms with Gasteiger partial charge in [-0.2, -0.15) is 0 Å². The van der Waals surface area contributed by atoms with Crippen LogP contribution in [-0.4, -0.2) is 23.3 Å². The fourth-order valence-corrected chi connectivity index (χ4v) is 3.40. The number of aliphatic hydroxyl groups is 1. The minimum absolute atomic E-state index is 0.403. The molecule has 0 saturated heterocycles. The molecule has 2 aliphatic rings. The third-order valence-electron chi connectivity index (χ3n) is 4.40. The molecule has 1 unspecified atom stereocenters. The molecule has 1 aromatic carbocycles. The molecule has 0 spiro atoms. The van der Waals surface area contributed by atoms with Crippen LogP contribution in [0.2, 0.25) is 0 Å². The van der Waals surface area contributed by atoms with Gasteiger partial charge in [0.15, 0.2) is 0 Å². The molecule has 3 rings (SSSR count). The maximum absolute atomic E-state index is 10.1. The van der Waals surface area contributed by atoms with E-state index in [0.717, 1.165) is 32.2 Å². The molecular formula is C15H20BrNO. The molecule has 3 heteroatoms. The van der Waals surface area contributed by atoms with E-state index in [-0.39, 0.29) is 0 Å². The molecule has 0 aromatic heterocycles. The molecule has 2 aliphatic carbocycles. The van der Waals surface area contributed by atoms with Crippen LogP contribution >= 0.6 is 15.9 Å². The molecule has 0 radical (unpaired) electrons. The van der Waals surface area contributed by atoms with Gasteiger partial charge < -0.3 is 10.4 Å². The van der Waals surface area contributed by atoms with Gasteiger partial charge in [0.25, 0.3) is 0 Å². The molecule has 1 aromatic rings. The highest BCUT2D eigenvalue weighted by atomic mass is 79.9. The number of hydrogen-bond donors (Lipinski definition) is 2. The first-order valence-corrected chi connectivity index (χ1v) is 7.67. The van der Waals surface area contributed by atoms with Crippen LogP contribution in [0.1, 0.15) is 36.8 Å². The minimum atomic E-state index is -0.403. The van der Waals surface area contributed by atoms with Gasteiger partial charge >= 0.3 is 0 Å². The van der Waals surface area contributed by atoms with Gasteiger partial charge in [-0.1, -0.05) is 22.0 Å². The highest BCUT2D eigenvalue weighted by Crippen LogP contribution is 2.31. The largest absolute Gasteiger partial charge is 0.389 e. The summed E-state index contributed by atoms with van der Waals surface area (Å²) < 4.78 is 1.18. The first kappa shape index (κ1) is 12.6. The lowest BCUT2D eigenvalue weighted by molar-refractivity contribution is -0.0334. The van der Waals surface area contributed by atoms with E-state index >= 15 is 0 Å². The van der Waals surface area contributed by atoms with Crippen molar-refractivity contribution >= 4 is 15.9 Å². The summed E-state index contributed by atoms with van der Waals surface area (Å²) in [6.45, 7) is 0.767. The van der Waals surface area contributed by atoms with Gasteiger partial charge in [-0.25, -0.2) is 0 Å². The Labute approximate surface area is 117 Å².